The Kier molecular flexibility index (Phi) is 4.55. The van der Waals surface area contributed by atoms with E-state index in [1.54, 1.807) is 6.07 Å². The van der Waals surface area contributed by atoms with Crippen molar-refractivity contribution >= 4 is 15.9 Å². The molecule has 0 aromatic heterocycles. The molecule has 2 N–H and O–H groups in total. The zero-order chi connectivity index (χ0) is 10.6. The molecular weight excluding hydrogens is 245 g/mol. The maximum absolute atomic E-state index is 13.0. The molecule has 78 valence electrons. The molecule has 1 aromatic rings. The van der Waals surface area contributed by atoms with Crippen LogP contribution in [0.1, 0.15) is 25.3 Å². The average molecular weight is 260 g/mol. The summed E-state index contributed by atoms with van der Waals surface area (Å²) in [6.45, 7) is 1.99. The van der Waals surface area contributed by atoms with Crippen LogP contribution in [0.4, 0.5) is 4.39 Å². The first-order chi connectivity index (χ1) is 6.58. The summed E-state index contributed by atoms with van der Waals surface area (Å²) in [4.78, 5) is 0. The fraction of sp³-hybridized carbons (Fsp3) is 0.455. The first-order valence-electron chi connectivity index (χ1n) is 4.78. The van der Waals surface area contributed by atoms with Gasteiger partial charge in [-0.3, -0.25) is 0 Å². The third-order valence-electron chi connectivity index (χ3n) is 2.05. The number of aryl methyl sites for hydroxylation is 1. The summed E-state index contributed by atoms with van der Waals surface area (Å²) in [5, 5.41) is 0. The van der Waals surface area contributed by atoms with Crippen LogP contribution in [0.2, 0.25) is 0 Å². The molecule has 0 radical (unpaired) electrons. The van der Waals surface area contributed by atoms with Crippen molar-refractivity contribution in [1.29, 1.82) is 0 Å². The molecule has 0 fully saturated rings. The maximum atomic E-state index is 13.0. The van der Waals surface area contributed by atoms with E-state index in [1.165, 1.54) is 6.07 Å². The van der Waals surface area contributed by atoms with E-state index in [9.17, 15) is 4.39 Å². The largest absolute Gasteiger partial charge is 0.328 e. The Morgan fingerprint density at radius 1 is 1.43 bits per heavy atom. The maximum Gasteiger partial charge on any atom is 0.124 e. The van der Waals surface area contributed by atoms with Crippen LogP contribution < -0.4 is 5.73 Å². The van der Waals surface area contributed by atoms with E-state index in [1.807, 2.05) is 13.0 Å². The minimum atomic E-state index is -0.185. The van der Waals surface area contributed by atoms with Crippen molar-refractivity contribution in [3.05, 3.63) is 34.1 Å². The smallest absolute Gasteiger partial charge is 0.124 e. The standard InChI is InChI=1S/C11H15BrFN/c1-8(14)3-2-4-9-5-10(12)7-11(13)6-9/h5-8H,2-4,14H2,1H3. The first kappa shape index (κ1) is 11.7. The number of nitrogens with two attached hydrogens (primary N) is 1. The van der Waals surface area contributed by atoms with Gasteiger partial charge in [-0.2, -0.15) is 0 Å². The van der Waals surface area contributed by atoms with Gasteiger partial charge in [-0.25, -0.2) is 4.39 Å². The van der Waals surface area contributed by atoms with E-state index in [0.29, 0.717) is 0 Å². The summed E-state index contributed by atoms with van der Waals surface area (Å²) in [6.07, 6.45) is 2.87. The number of hydrogen-bond acceptors (Lipinski definition) is 1. The van der Waals surface area contributed by atoms with Gasteiger partial charge in [0.2, 0.25) is 0 Å². The van der Waals surface area contributed by atoms with E-state index in [4.69, 9.17) is 5.73 Å². The second-order valence-electron chi connectivity index (χ2n) is 3.65. The van der Waals surface area contributed by atoms with Crippen molar-refractivity contribution < 1.29 is 4.39 Å². The van der Waals surface area contributed by atoms with Crippen molar-refractivity contribution in [1.82, 2.24) is 0 Å². The molecule has 3 heteroatoms. The molecule has 0 amide bonds. The van der Waals surface area contributed by atoms with E-state index in [0.717, 1.165) is 29.3 Å². The second-order valence-corrected chi connectivity index (χ2v) is 4.56. The lowest BCUT2D eigenvalue weighted by Crippen LogP contribution is -2.14. The van der Waals surface area contributed by atoms with E-state index >= 15 is 0 Å². The highest BCUT2D eigenvalue weighted by Crippen LogP contribution is 2.16. The summed E-state index contributed by atoms with van der Waals surface area (Å²) < 4.78 is 13.8. The second kappa shape index (κ2) is 5.47. The van der Waals surface area contributed by atoms with Gasteiger partial charge in [0.05, 0.1) is 0 Å². The lowest BCUT2D eigenvalue weighted by atomic mass is 10.1. The topological polar surface area (TPSA) is 26.0 Å². The van der Waals surface area contributed by atoms with Gasteiger partial charge < -0.3 is 5.73 Å². The Morgan fingerprint density at radius 2 is 2.14 bits per heavy atom. The van der Waals surface area contributed by atoms with Crippen LogP contribution in [0.15, 0.2) is 22.7 Å². The van der Waals surface area contributed by atoms with Crippen LogP contribution in [0.5, 0.6) is 0 Å². The molecular formula is C11H15BrFN. The predicted octanol–water partition coefficient (Wildman–Crippen LogP) is 3.26. The van der Waals surface area contributed by atoms with Gasteiger partial charge in [0.1, 0.15) is 5.82 Å². The molecule has 0 bridgehead atoms. The average Bonchev–Trinajstić information content (AvgIpc) is 2.01. The third-order valence-corrected chi connectivity index (χ3v) is 2.51. The molecule has 0 saturated carbocycles. The van der Waals surface area contributed by atoms with Crippen LogP contribution in [0.3, 0.4) is 0 Å². The fourth-order valence-electron chi connectivity index (χ4n) is 1.38. The summed E-state index contributed by atoms with van der Waals surface area (Å²) >= 11 is 3.27. The Morgan fingerprint density at radius 3 is 2.71 bits per heavy atom. The monoisotopic (exact) mass is 259 g/mol. The quantitative estimate of drug-likeness (QED) is 0.883. The highest BCUT2D eigenvalue weighted by atomic mass is 79.9. The number of benzene rings is 1. The Bertz CT molecular complexity index is 279. The van der Waals surface area contributed by atoms with Crippen LogP contribution in [0, 0.1) is 5.82 Å². The molecule has 1 unspecified atom stereocenters. The normalized spacial score (nSPS) is 12.9. The molecule has 0 heterocycles. The summed E-state index contributed by atoms with van der Waals surface area (Å²) in [5.74, 6) is -0.185. The van der Waals surface area contributed by atoms with Gasteiger partial charge in [0.15, 0.2) is 0 Å². The Hall–Kier alpha value is -0.410. The minimum Gasteiger partial charge on any atom is -0.328 e. The van der Waals surface area contributed by atoms with E-state index in [-0.39, 0.29) is 11.9 Å². The summed E-state index contributed by atoms with van der Waals surface area (Å²) in [7, 11) is 0. The van der Waals surface area contributed by atoms with Gasteiger partial charge in [0, 0.05) is 10.5 Å². The molecule has 1 aromatic carbocycles. The van der Waals surface area contributed by atoms with Gasteiger partial charge in [-0.05, 0) is 49.9 Å². The summed E-state index contributed by atoms with van der Waals surface area (Å²) in [6, 6.07) is 5.22. The van der Waals surface area contributed by atoms with Gasteiger partial charge >= 0.3 is 0 Å². The van der Waals surface area contributed by atoms with Crippen molar-refractivity contribution in [2.75, 3.05) is 0 Å². The molecule has 0 aliphatic rings. The lowest BCUT2D eigenvalue weighted by Gasteiger charge is -2.05. The molecule has 1 rings (SSSR count). The molecule has 1 nitrogen and oxygen atoms in total. The van der Waals surface area contributed by atoms with Crippen LogP contribution in [0.25, 0.3) is 0 Å². The first-order valence-corrected chi connectivity index (χ1v) is 5.58. The van der Waals surface area contributed by atoms with Gasteiger partial charge in [-0.15, -0.1) is 0 Å². The molecule has 0 spiro atoms. The SMILES string of the molecule is CC(N)CCCc1cc(F)cc(Br)c1. The van der Waals surface area contributed by atoms with Gasteiger partial charge in [0.25, 0.3) is 0 Å². The number of hydrogen-bond donors (Lipinski definition) is 1. The van der Waals surface area contributed by atoms with Gasteiger partial charge in [-0.1, -0.05) is 15.9 Å². The van der Waals surface area contributed by atoms with Crippen molar-refractivity contribution in [2.45, 2.75) is 32.2 Å². The lowest BCUT2D eigenvalue weighted by molar-refractivity contribution is 0.611. The Balaban J connectivity index is 2.50. The summed E-state index contributed by atoms with van der Waals surface area (Å²) in [5.41, 5.74) is 6.66. The minimum absolute atomic E-state index is 0.185. The van der Waals surface area contributed by atoms with Crippen molar-refractivity contribution in [3.8, 4) is 0 Å². The van der Waals surface area contributed by atoms with Crippen molar-refractivity contribution in [3.63, 3.8) is 0 Å². The highest BCUT2D eigenvalue weighted by molar-refractivity contribution is 9.10. The predicted molar refractivity (Wildman–Crippen MR) is 60.7 cm³/mol. The molecule has 0 aliphatic carbocycles. The van der Waals surface area contributed by atoms with E-state index < -0.39 is 0 Å². The zero-order valence-electron chi connectivity index (χ0n) is 8.26. The van der Waals surface area contributed by atoms with Crippen LogP contribution in [-0.4, -0.2) is 6.04 Å². The molecule has 0 aliphatic heterocycles. The third kappa shape index (κ3) is 4.20. The van der Waals surface area contributed by atoms with Crippen LogP contribution >= 0.6 is 15.9 Å². The number of halogens is 2. The van der Waals surface area contributed by atoms with Crippen molar-refractivity contribution in [2.24, 2.45) is 5.73 Å². The highest BCUT2D eigenvalue weighted by Gasteiger charge is 2.00. The Labute approximate surface area is 92.6 Å². The van der Waals surface area contributed by atoms with E-state index in [2.05, 4.69) is 15.9 Å². The molecule has 0 saturated heterocycles. The molecule has 1 atom stereocenters. The molecule has 14 heavy (non-hydrogen) atoms. The number of rotatable bonds is 4. The fourth-order valence-corrected chi connectivity index (χ4v) is 1.90. The van der Waals surface area contributed by atoms with Crippen LogP contribution in [-0.2, 0) is 6.42 Å². The zero-order valence-corrected chi connectivity index (χ0v) is 9.85.